The average Bonchev–Trinajstić information content (AvgIpc) is 3.01. The minimum atomic E-state index is -3.97. The molecule has 0 amide bonds. The molecule has 0 N–H and O–H groups in total. The van der Waals surface area contributed by atoms with Crippen LogP contribution in [0.4, 0.5) is 0 Å². The molecule has 3 aromatic rings. The molecule has 3 atom stereocenters. The molecule has 13 heteroatoms. The minimum absolute atomic E-state index is 0. The normalized spacial score (nSPS) is 20.5. The van der Waals surface area contributed by atoms with Crippen LogP contribution in [0.2, 0.25) is 0 Å². The van der Waals surface area contributed by atoms with Crippen molar-refractivity contribution in [1.82, 2.24) is 14.7 Å². The summed E-state index contributed by atoms with van der Waals surface area (Å²) in [5, 5.41) is 0.708. The molecule has 1 aliphatic rings. The fourth-order valence-corrected chi connectivity index (χ4v) is 9.41. The third kappa shape index (κ3) is 9.32. The Morgan fingerprint density at radius 2 is 0.650 bits per heavy atom. The third-order valence-electron chi connectivity index (χ3n) is 6.80. The fraction of sp³-hybridized carbons (Fsp3) is 0.333. The molecular weight excluding hydrogens is 611 g/mol. The van der Waals surface area contributed by atoms with Crippen LogP contribution < -0.4 is 30.6 Å². The first-order valence-corrected chi connectivity index (χ1v) is 18.2. The minimum Gasteiger partial charge on any atom is -0.795 e. The number of benzene rings is 3. The summed E-state index contributed by atoms with van der Waals surface area (Å²) in [5.41, 5.74) is 0. The van der Waals surface area contributed by atoms with Gasteiger partial charge in [0.1, 0.15) is 0 Å². The van der Waals surface area contributed by atoms with E-state index in [2.05, 4.69) is 0 Å². The Balaban J connectivity index is 0.00000441. The number of hydrogen-bond donors (Lipinski definition) is 0. The largest absolute Gasteiger partial charge is 5.00 e. The van der Waals surface area contributed by atoms with Crippen molar-refractivity contribution in [2.45, 2.75) is 0 Å². The first-order valence-electron chi connectivity index (χ1n) is 12.8. The van der Waals surface area contributed by atoms with E-state index in [0.717, 1.165) is 0 Å². The van der Waals surface area contributed by atoms with E-state index >= 15 is 0 Å². The molecule has 0 aromatic heterocycles. The molecular formula is C27H33FeN3O6P3+2. The summed E-state index contributed by atoms with van der Waals surface area (Å²) in [4.78, 5) is 44.7. The molecule has 1 saturated heterocycles. The van der Waals surface area contributed by atoms with Crippen molar-refractivity contribution >= 4 is 38.0 Å². The summed E-state index contributed by atoms with van der Waals surface area (Å²) in [5.74, 6) is 0. The van der Waals surface area contributed by atoms with Crippen LogP contribution >= 0.6 is 22.1 Å². The molecule has 3 aromatic carbocycles. The van der Waals surface area contributed by atoms with Gasteiger partial charge in [-0.25, -0.2) is 0 Å². The van der Waals surface area contributed by atoms with Crippen molar-refractivity contribution in [1.29, 1.82) is 0 Å². The third-order valence-corrected chi connectivity index (χ3v) is 12.4. The zero-order chi connectivity index (χ0) is 27.9. The Labute approximate surface area is 246 Å². The second-order valence-electron chi connectivity index (χ2n) is 9.81. The maximum atomic E-state index is 13.1. The SMILES string of the molecule is O=P([O-])(CN1CCN(CP(=O)([O-])c2ccccc2)CCN(CP(=O)([O-])c2ccccc2)CC1)c1ccccc1.[Fe+5]. The molecule has 0 saturated carbocycles. The summed E-state index contributed by atoms with van der Waals surface area (Å²) in [6, 6.07) is 24.6. The molecule has 0 bridgehead atoms. The van der Waals surface area contributed by atoms with E-state index in [1.807, 2.05) is 0 Å². The number of rotatable bonds is 9. The Morgan fingerprint density at radius 1 is 0.450 bits per heavy atom. The van der Waals surface area contributed by atoms with Gasteiger partial charge in [0.15, 0.2) is 0 Å². The summed E-state index contributed by atoms with van der Waals surface area (Å²) in [7, 11) is -11.9. The Morgan fingerprint density at radius 3 is 0.850 bits per heavy atom. The molecule has 1 radical (unpaired) electrons. The first kappa shape index (κ1) is 33.1. The van der Waals surface area contributed by atoms with E-state index in [1.54, 1.807) is 106 Å². The molecule has 1 heterocycles. The fourth-order valence-electron chi connectivity index (χ4n) is 4.61. The second kappa shape index (κ2) is 14.7. The Hall–Kier alpha value is -1.37. The van der Waals surface area contributed by atoms with Gasteiger partial charge in [-0.2, -0.15) is 0 Å². The van der Waals surface area contributed by atoms with E-state index in [-0.39, 0.29) is 51.8 Å². The topological polar surface area (TPSA) is 130 Å². The molecule has 1 aliphatic heterocycles. The van der Waals surface area contributed by atoms with E-state index in [1.165, 1.54) is 0 Å². The van der Waals surface area contributed by atoms with Gasteiger partial charge in [-0.15, -0.1) is 0 Å². The molecule has 1 fully saturated rings. The molecule has 0 spiro atoms. The van der Waals surface area contributed by atoms with Gasteiger partial charge in [-0.3, -0.25) is 14.7 Å². The van der Waals surface area contributed by atoms with Crippen LogP contribution in [0.15, 0.2) is 91.0 Å². The van der Waals surface area contributed by atoms with E-state index in [4.69, 9.17) is 0 Å². The molecule has 213 valence electrons. The van der Waals surface area contributed by atoms with Gasteiger partial charge < -0.3 is 28.4 Å². The monoisotopic (exact) mass is 644 g/mol. The molecule has 9 nitrogen and oxygen atoms in total. The predicted octanol–water partition coefficient (Wildman–Crippen LogP) is 0.668. The Kier molecular flexibility index (Phi) is 12.2. The average molecular weight is 644 g/mol. The van der Waals surface area contributed by atoms with Gasteiger partial charge in [-0.05, 0) is 15.9 Å². The predicted molar refractivity (Wildman–Crippen MR) is 150 cm³/mol. The van der Waals surface area contributed by atoms with Crippen molar-refractivity contribution in [3.05, 3.63) is 91.0 Å². The van der Waals surface area contributed by atoms with Crippen LogP contribution in [0.3, 0.4) is 0 Å². The molecule has 40 heavy (non-hydrogen) atoms. The zero-order valence-corrected chi connectivity index (χ0v) is 25.8. The van der Waals surface area contributed by atoms with E-state index in [9.17, 15) is 28.4 Å². The van der Waals surface area contributed by atoms with Gasteiger partial charge in [0.2, 0.25) is 0 Å². The Bertz CT molecular complexity index is 1180. The van der Waals surface area contributed by atoms with Crippen molar-refractivity contribution in [3.8, 4) is 0 Å². The summed E-state index contributed by atoms with van der Waals surface area (Å²) in [6.45, 7) is 1.97. The quantitative estimate of drug-likeness (QED) is 0.244. The van der Waals surface area contributed by atoms with Crippen molar-refractivity contribution in [2.75, 3.05) is 58.1 Å². The van der Waals surface area contributed by atoms with Gasteiger partial charge in [0.05, 0.1) is 22.1 Å². The van der Waals surface area contributed by atoms with Crippen LogP contribution in [0.5, 0.6) is 0 Å². The van der Waals surface area contributed by atoms with Gasteiger partial charge in [-0.1, -0.05) is 91.0 Å². The van der Waals surface area contributed by atoms with Crippen LogP contribution in [0.1, 0.15) is 0 Å². The maximum Gasteiger partial charge on any atom is 5.00 e. The standard InChI is InChI=1S/C27H36N3O6P3.Fe/c31-37(32,25-10-4-1-5-11-25)22-28-16-18-29(23-38(33,34)26-12-6-2-7-13-26)20-21-30(19-17-28)24-39(35,36)27-14-8-3-9-15-27;/h1-15H,16-24H2,(H,31,32)(H,33,34)(H,35,36);/q;+5/p-3. The van der Waals surface area contributed by atoms with Crippen molar-refractivity contribution in [2.24, 2.45) is 0 Å². The molecule has 3 unspecified atom stereocenters. The van der Waals surface area contributed by atoms with Crippen molar-refractivity contribution in [3.63, 3.8) is 0 Å². The maximum absolute atomic E-state index is 13.1. The second-order valence-corrected chi connectivity index (χ2v) is 16.2. The van der Waals surface area contributed by atoms with Crippen LogP contribution in [-0.2, 0) is 30.8 Å². The summed E-state index contributed by atoms with van der Waals surface area (Å²) in [6.07, 6.45) is -0.666. The zero-order valence-electron chi connectivity index (χ0n) is 22.0. The van der Waals surface area contributed by atoms with E-state index in [0.29, 0.717) is 39.3 Å². The summed E-state index contributed by atoms with van der Waals surface area (Å²) >= 11 is 0. The summed E-state index contributed by atoms with van der Waals surface area (Å²) < 4.78 is 39.4. The number of nitrogens with zero attached hydrogens (tertiary/aromatic N) is 3. The van der Waals surface area contributed by atoms with E-state index < -0.39 is 22.1 Å². The molecule has 0 aliphatic carbocycles. The van der Waals surface area contributed by atoms with Crippen LogP contribution in [-0.4, -0.2) is 72.8 Å². The number of hydrogen-bond acceptors (Lipinski definition) is 9. The van der Waals surface area contributed by atoms with Gasteiger partial charge in [0.25, 0.3) is 0 Å². The van der Waals surface area contributed by atoms with Gasteiger partial charge >= 0.3 is 17.1 Å². The van der Waals surface area contributed by atoms with Crippen LogP contribution in [0, 0.1) is 0 Å². The molecule has 4 rings (SSSR count). The van der Waals surface area contributed by atoms with Crippen molar-refractivity contribution < 1.29 is 45.4 Å². The van der Waals surface area contributed by atoms with Crippen LogP contribution in [0.25, 0.3) is 0 Å². The smallest absolute Gasteiger partial charge is 0.795 e. The first-order chi connectivity index (χ1) is 18.6. The van der Waals surface area contributed by atoms with Gasteiger partial charge in [0, 0.05) is 58.1 Å².